The first-order chi connectivity index (χ1) is 21.2. The minimum absolute atomic E-state index is 0.0815. The molecular weight excluding hydrogens is 566 g/mol. The number of amides is 3. The van der Waals surface area contributed by atoms with Crippen LogP contribution in [0.2, 0.25) is 0 Å². The molecule has 0 bridgehead atoms. The lowest BCUT2D eigenvalue weighted by atomic mass is 9.77. The van der Waals surface area contributed by atoms with Crippen molar-refractivity contribution in [2.75, 3.05) is 26.9 Å². The van der Waals surface area contributed by atoms with Crippen molar-refractivity contribution in [3.8, 4) is 0 Å². The molecule has 44 heavy (non-hydrogen) atoms. The monoisotopic (exact) mass is 609 g/mol. The Morgan fingerprint density at radius 1 is 1.11 bits per heavy atom. The SMILES string of the molecule is CC[C@@H](CO)N1C(=O)[C@H]2[C@@H]3C(=O)O[C@@H](c4ccccc4)[C@H](COC)NC(=O)CC/C=C\[C@@H]3O[C@]23C=CCN(C(C)C)C(=O)[C@H]13. The van der Waals surface area contributed by atoms with E-state index < -0.39 is 59.6 Å². The Kier molecular flexibility index (Phi) is 9.57. The van der Waals surface area contributed by atoms with E-state index in [-0.39, 0.29) is 37.5 Å². The average Bonchev–Trinajstić information content (AvgIpc) is 3.39. The van der Waals surface area contributed by atoms with Crippen molar-refractivity contribution in [1.82, 2.24) is 15.1 Å². The number of aliphatic hydroxyl groups is 1. The van der Waals surface area contributed by atoms with E-state index in [9.17, 15) is 24.3 Å². The van der Waals surface area contributed by atoms with Crippen LogP contribution in [0, 0.1) is 11.8 Å². The molecule has 5 rings (SSSR count). The molecule has 4 aliphatic heterocycles. The van der Waals surface area contributed by atoms with Crippen LogP contribution in [0.15, 0.2) is 54.6 Å². The van der Waals surface area contributed by atoms with E-state index >= 15 is 0 Å². The summed E-state index contributed by atoms with van der Waals surface area (Å²) in [7, 11) is 1.51. The van der Waals surface area contributed by atoms with Gasteiger partial charge in [-0.05, 0) is 32.3 Å². The van der Waals surface area contributed by atoms with Gasteiger partial charge in [0.2, 0.25) is 17.7 Å². The van der Waals surface area contributed by atoms with E-state index in [1.54, 1.807) is 35.3 Å². The van der Waals surface area contributed by atoms with E-state index in [4.69, 9.17) is 14.2 Å². The van der Waals surface area contributed by atoms with Gasteiger partial charge >= 0.3 is 5.97 Å². The third-order valence-corrected chi connectivity index (χ3v) is 9.23. The number of likely N-dealkylation sites (tertiary alicyclic amines) is 1. The molecule has 4 aliphatic rings. The molecule has 1 spiro atoms. The molecule has 0 unspecified atom stereocenters. The number of ether oxygens (including phenoxy) is 3. The number of rotatable bonds is 7. The van der Waals surface area contributed by atoms with Crippen LogP contribution in [0.5, 0.6) is 0 Å². The lowest BCUT2D eigenvalue weighted by molar-refractivity contribution is -0.163. The Balaban J connectivity index is 1.63. The largest absolute Gasteiger partial charge is 0.455 e. The predicted molar refractivity (Wildman–Crippen MR) is 160 cm³/mol. The number of cyclic esters (lactones) is 1. The van der Waals surface area contributed by atoms with Gasteiger partial charge in [0.15, 0.2) is 0 Å². The summed E-state index contributed by atoms with van der Waals surface area (Å²) in [6.07, 6.45) is 6.24. The number of hydrogen-bond donors (Lipinski definition) is 2. The molecule has 0 aromatic heterocycles. The summed E-state index contributed by atoms with van der Waals surface area (Å²) >= 11 is 0. The minimum atomic E-state index is -1.46. The van der Waals surface area contributed by atoms with Crippen LogP contribution in [0.3, 0.4) is 0 Å². The molecule has 0 saturated carbocycles. The van der Waals surface area contributed by atoms with Crippen molar-refractivity contribution in [2.45, 2.75) is 82.0 Å². The molecule has 2 saturated heterocycles. The van der Waals surface area contributed by atoms with Crippen molar-refractivity contribution >= 4 is 23.7 Å². The number of fused-ring (bicyclic) bond motifs is 2. The third-order valence-electron chi connectivity index (χ3n) is 9.23. The second-order valence-electron chi connectivity index (χ2n) is 12.2. The van der Waals surface area contributed by atoms with Gasteiger partial charge in [0, 0.05) is 26.1 Å². The van der Waals surface area contributed by atoms with Crippen molar-refractivity contribution in [1.29, 1.82) is 0 Å². The first-order valence-electron chi connectivity index (χ1n) is 15.5. The highest BCUT2D eigenvalue weighted by Gasteiger charge is 2.72. The fourth-order valence-corrected chi connectivity index (χ4v) is 7.12. The van der Waals surface area contributed by atoms with Crippen LogP contribution >= 0.6 is 0 Å². The van der Waals surface area contributed by atoms with Gasteiger partial charge < -0.3 is 34.4 Å². The van der Waals surface area contributed by atoms with Gasteiger partial charge in [-0.15, -0.1) is 0 Å². The second kappa shape index (κ2) is 13.2. The Labute approximate surface area is 258 Å². The molecular formula is C33H43N3O8. The lowest BCUT2D eigenvalue weighted by Crippen LogP contribution is -2.58. The number of benzene rings is 1. The van der Waals surface area contributed by atoms with Crippen LogP contribution in [-0.4, -0.2) is 101 Å². The van der Waals surface area contributed by atoms with Crippen molar-refractivity contribution in [3.63, 3.8) is 0 Å². The molecule has 2 fully saturated rings. The van der Waals surface area contributed by atoms with Crippen LogP contribution in [0.4, 0.5) is 0 Å². The summed E-state index contributed by atoms with van der Waals surface area (Å²) < 4.78 is 18.4. The molecule has 1 aromatic rings. The number of carbonyl (C=O) groups excluding carboxylic acids is 4. The summed E-state index contributed by atoms with van der Waals surface area (Å²) in [5, 5.41) is 13.3. The average molecular weight is 610 g/mol. The van der Waals surface area contributed by atoms with Crippen LogP contribution in [0.25, 0.3) is 0 Å². The maximum Gasteiger partial charge on any atom is 0.313 e. The maximum absolute atomic E-state index is 14.5. The third kappa shape index (κ3) is 5.57. The zero-order valence-electron chi connectivity index (χ0n) is 25.8. The molecule has 2 N–H and O–H groups in total. The van der Waals surface area contributed by atoms with Gasteiger partial charge in [-0.25, -0.2) is 0 Å². The first kappa shape index (κ1) is 31.9. The van der Waals surface area contributed by atoms with Crippen molar-refractivity contribution < 1.29 is 38.5 Å². The Bertz CT molecular complexity index is 1290. The maximum atomic E-state index is 14.5. The summed E-state index contributed by atoms with van der Waals surface area (Å²) in [6.45, 7) is 5.72. The fraction of sp³-hybridized carbons (Fsp3) is 0.576. The minimum Gasteiger partial charge on any atom is -0.455 e. The standard InChI is InChI=1S/C33H43N3O8/c1-5-22(18-37)36-29-31(40)35(20(2)3)17-11-16-33(29)27(30(36)39)26-24(44-33)14-9-10-15-25(38)34-23(19-42-4)28(43-32(26)41)21-12-7-6-8-13-21/h6-9,11-14,16,20,22-24,26-29,37H,5,10,15,17-19H2,1-4H3,(H,34,38)/b14-9-/t22-,23-,24-,26+,27+,28-,29-,33+/m0/s1. The van der Waals surface area contributed by atoms with E-state index in [1.165, 1.54) is 12.0 Å². The normalized spacial score (nSPS) is 33.9. The molecule has 11 nitrogen and oxygen atoms in total. The van der Waals surface area contributed by atoms with Crippen molar-refractivity contribution in [2.24, 2.45) is 11.8 Å². The quantitative estimate of drug-likeness (QED) is 0.354. The highest BCUT2D eigenvalue weighted by Crippen LogP contribution is 2.54. The van der Waals surface area contributed by atoms with E-state index in [0.29, 0.717) is 24.9 Å². The van der Waals surface area contributed by atoms with E-state index in [2.05, 4.69) is 5.32 Å². The number of nitrogens with one attached hydrogen (secondary N) is 1. The molecule has 1 aromatic carbocycles. The molecule has 11 heteroatoms. The number of nitrogens with zero attached hydrogens (tertiary/aromatic N) is 2. The van der Waals surface area contributed by atoms with Crippen LogP contribution in [-0.2, 0) is 33.4 Å². The van der Waals surface area contributed by atoms with Gasteiger partial charge in [0.1, 0.15) is 23.7 Å². The molecule has 8 atom stereocenters. The number of esters is 1. The lowest BCUT2D eigenvalue weighted by Gasteiger charge is -2.39. The van der Waals surface area contributed by atoms with Gasteiger partial charge in [0.05, 0.1) is 37.3 Å². The van der Waals surface area contributed by atoms with Crippen molar-refractivity contribution in [3.05, 3.63) is 60.2 Å². The molecule has 0 aliphatic carbocycles. The summed E-state index contributed by atoms with van der Waals surface area (Å²) in [5.74, 6) is -3.78. The number of carbonyl (C=O) groups is 4. The summed E-state index contributed by atoms with van der Waals surface area (Å²) in [4.78, 5) is 59.2. The molecule has 3 amide bonds. The Morgan fingerprint density at radius 2 is 1.86 bits per heavy atom. The van der Waals surface area contributed by atoms with E-state index in [1.807, 2.05) is 45.0 Å². The first-order valence-corrected chi connectivity index (χ1v) is 15.5. The van der Waals surface area contributed by atoms with Gasteiger partial charge in [-0.1, -0.05) is 61.6 Å². The molecule has 0 radical (unpaired) electrons. The van der Waals surface area contributed by atoms with Gasteiger partial charge in [-0.2, -0.15) is 0 Å². The molecule has 238 valence electrons. The molecule has 4 heterocycles. The van der Waals surface area contributed by atoms with Gasteiger partial charge in [-0.3, -0.25) is 19.2 Å². The Morgan fingerprint density at radius 3 is 2.52 bits per heavy atom. The number of hydrogen-bond acceptors (Lipinski definition) is 8. The van der Waals surface area contributed by atoms with Crippen LogP contribution < -0.4 is 5.32 Å². The zero-order chi connectivity index (χ0) is 31.6. The fourth-order valence-electron chi connectivity index (χ4n) is 7.12. The summed E-state index contributed by atoms with van der Waals surface area (Å²) in [5.41, 5.74) is -0.803. The number of allylic oxidation sites excluding steroid dienone is 1. The highest BCUT2D eigenvalue weighted by molar-refractivity contribution is 5.99. The number of aliphatic hydroxyl groups excluding tert-OH is 1. The smallest absolute Gasteiger partial charge is 0.313 e. The highest BCUT2D eigenvalue weighted by atomic mass is 16.6. The number of methoxy groups -OCH3 is 1. The topological polar surface area (TPSA) is 135 Å². The van der Waals surface area contributed by atoms with E-state index in [0.717, 1.165) is 0 Å². The summed E-state index contributed by atoms with van der Waals surface area (Å²) in [6, 6.07) is 6.52. The zero-order valence-corrected chi connectivity index (χ0v) is 25.8. The predicted octanol–water partition coefficient (Wildman–Crippen LogP) is 1.91. The Hall–Kier alpha value is -3.54. The second-order valence-corrected chi connectivity index (χ2v) is 12.2. The van der Waals surface area contributed by atoms with Gasteiger partial charge in [0.25, 0.3) is 0 Å². The van der Waals surface area contributed by atoms with Crippen LogP contribution in [0.1, 0.15) is 51.7 Å².